The predicted molar refractivity (Wildman–Crippen MR) is 68.7 cm³/mol. The smallest absolute Gasteiger partial charge is 0.350 e. The quantitative estimate of drug-likeness (QED) is 0.616. The lowest BCUT2D eigenvalue weighted by Gasteiger charge is -2.11. The molecular weight excluding hydrogens is 252 g/mol. The van der Waals surface area contributed by atoms with Crippen LogP contribution in [-0.4, -0.2) is 30.0 Å². The van der Waals surface area contributed by atoms with Gasteiger partial charge in [-0.3, -0.25) is 9.69 Å². The highest BCUT2D eigenvalue weighted by Gasteiger charge is 2.31. The fraction of sp³-hybridized carbons (Fsp3) is 0.417. The SMILES string of the molecule is C=CC1CC(=O)N(c2ncc(C(=O)OCC)s2)C1. The minimum absolute atomic E-state index is 0.0182. The molecule has 0 spiro atoms. The Labute approximate surface area is 109 Å². The van der Waals surface area contributed by atoms with Gasteiger partial charge < -0.3 is 4.74 Å². The molecular formula is C12H14N2O3S. The van der Waals surface area contributed by atoms with E-state index in [0.717, 1.165) is 0 Å². The summed E-state index contributed by atoms with van der Waals surface area (Å²) < 4.78 is 4.88. The molecule has 0 aliphatic carbocycles. The zero-order chi connectivity index (χ0) is 13.1. The third kappa shape index (κ3) is 2.43. The van der Waals surface area contributed by atoms with E-state index >= 15 is 0 Å². The molecule has 0 bridgehead atoms. The van der Waals surface area contributed by atoms with Crippen molar-refractivity contribution < 1.29 is 14.3 Å². The van der Waals surface area contributed by atoms with Gasteiger partial charge in [-0.25, -0.2) is 9.78 Å². The number of thiazole rings is 1. The molecule has 6 heteroatoms. The van der Waals surface area contributed by atoms with Gasteiger partial charge in [-0.05, 0) is 6.92 Å². The Kier molecular flexibility index (Phi) is 3.76. The molecule has 5 nitrogen and oxygen atoms in total. The number of aromatic nitrogens is 1. The van der Waals surface area contributed by atoms with Crippen LogP contribution in [-0.2, 0) is 9.53 Å². The van der Waals surface area contributed by atoms with Crippen LogP contribution >= 0.6 is 11.3 Å². The molecule has 2 heterocycles. The Morgan fingerprint density at radius 2 is 2.56 bits per heavy atom. The maximum Gasteiger partial charge on any atom is 0.350 e. The van der Waals surface area contributed by atoms with Gasteiger partial charge in [0.2, 0.25) is 5.91 Å². The van der Waals surface area contributed by atoms with Gasteiger partial charge in [-0.1, -0.05) is 17.4 Å². The molecule has 1 aromatic heterocycles. The number of carbonyl (C=O) groups is 2. The van der Waals surface area contributed by atoms with E-state index < -0.39 is 5.97 Å². The second-order valence-electron chi connectivity index (χ2n) is 3.93. The summed E-state index contributed by atoms with van der Waals surface area (Å²) in [5.41, 5.74) is 0. The summed E-state index contributed by atoms with van der Waals surface area (Å²) in [6.07, 6.45) is 3.68. The predicted octanol–water partition coefficient (Wildman–Crippen LogP) is 1.86. The Balaban J connectivity index is 2.13. The number of hydrogen-bond donors (Lipinski definition) is 0. The second kappa shape index (κ2) is 5.30. The first kappa shape index (κ1) is 12.8. The minimum atomic E-state index is -0.395. The number of hydrogen-bond acceptors (Lipinski definition) is 5. The summed E-state index contributed by atoms with van der Waals surface area (Å²) in [6, 6.07) is 0. The van der Waals surface area contributed by atoms with Crippen LogP contribution in [0, 0.1) is 5.92 Å². The van der Waals surface area contributed by atoms with E-state index in [1.54, 1.807) is 17.9 Å². The lowest BCUT2D eigenvalue weighted by molar-refractivity contribution is -0.117. The van der Waals surface area contributed by atoms with Gasteiger partial charge in [0.25, 0.3) is 0 Å². The average Bonchev–Trinajstić information content (AvgIpc) is 2.95. The molecule has 1 aliphatic rings. The van der Waals surface area contributed by atoms with E-state index in [2.05, 4.69) is 11.6 Å². The topological polar surface area (TPSA) is 59.5 Å². The fourth-order valence-electron chi connectivity index (χ4n) is 1.76. The summed E-state index contributed by atoms with van der Waals surface area (Å²) >= 11 is 1.18. The zero-order valence-corrected chi connectivity index (χ0v) is 10.9. The first-order chi connectivity index (χ1) is 8.65. The molecule has 1 aromatic rings. The minimum Gasteiger partial charge on any atom is -0.462 e. The zero-order valence-electron chi connectivity index (χ0n) is 10.1. The van der Waals surface area contributed by atoms with E-state index in [1.807, 2.05) is 0 Å². The maximum absolute atomic E-state index is 11.8. The van der Waals surface area contributed by atoms with Crippen LogP contribution in [0.4, 0.5) is 5.13 Å². The standard InChI is InChI=1S/C12H14N2O3S/c1-3-8-5-10(15)14(7-8)12-13-6-9(18-12)11(16)17-4-2/h3,6,8H,1,4-5,7H2,2H3. The highest BCUT2D eigenvalue weighted by molar-refractivity contribution is 7.17. The van der Waals surface area contributed by atoms with Crippen molar-refractivity contribution in [1.82, 2.24) is 4.98 Å². The highest BCUT2D eigenvalue weighted by Crippen LogP contribution is 2.29. The summed E-state index contributed by atoms with van der Waals surface area (Å²) in [4.78, 5) is 29.4. The Bertz CT molecular complexity index is 483. The van der Waals surface area contributed by atoms with Crippen LogP contribution in [0.15, 0.2) is 18.9 Å². The molecule has 96 valence electrons. The summed E-state index contributed by atoms with van der Waals surface area (Å²) in [5.74, 6) is -0.217. The van der Waals surface area contributed by atoms with Crippen molar-refractivity contribution >= 4 is 28.3 Å². The number of esters is 1. The summed E-state index contributed by atoms with van der Waals surface area (Å²) in [6.45, 7) is 6.35. The van der Waals surface area contributed by atoms with Gasteiger partial charge in [0.1, 0.15) is 4.88 Å². The number of rotatable bonds is 4. The van der Waals surface area contributed by atoms with Crippen molar-refractivity contribution in [2.24, 2.45) is 5.92 Å². The molecule has 1 aliphatic heterocycles. The molecule has 1 unspecified atom stereocenters. The van der Waals surface area contributed by atoms with Crippen molar-refractivity contribution in [2.45, 2.75) is 13.3 Å². The van der Waals surface area contributed by atoms with Gasteiger partial charge in [-0.15, -0.1) is 6.58 Å². The first-order valence-electron chi connectivity index (χ1n) is 5.71. The summed E-state index contributed by atoms with van der Waals surface area (Å²) in [7, 11) is 0. The number of anilines is 1. The van der Waals surface area contributed by atoms with Crippen LogP contribution in [0.5, 0.6) is 0 Å². The normalized spacial score (nSPS) is 19.1. The Morgan fingerprint density at radius 3 is 3.17 bits per heavy atom. The monoisotopic (exact) mass is 266 g/mol. The van der Waals surface area contributed by atoms with Crippen LogP contribution in [0.2, 0.25) is 0 Å². The van der Waals surface area contributed by atoms with Crippen molar-refractivity contribution in [1.29, 1.82) is 0 Å². The molecule has 0 radical (unpaired) electrons. The van der Waals surface area contributed by atoms with Crippen LogP contribution in [0.1, 0.15) is 23.0 Å². The van der Waals surface area contributed by atoms with E-state index in [1.165, 1.54) is 17.5 Å². The highest BCUT2D eigenvalue weighted by atomic mass is 32.1. The number of amides is 1. The van der Waals surface area contributed by atoms with E-state index in [0.29, 0.717) is 29.6 Å². The van der Waals surface area contributed by atoms with Gasteiger partial charge in [0.05, 0.1) is 12.8 Å². The maximum atomic E-state index is 11.8. The van der Waals surface area contributed by atoms with E-state index in [-0.39, 0.29) is 11.8 Å². The van der Waals surface area contributed by atoms with Crippen molar-refractivity contribution in [3.8, 4) is 0 Å². The molecule has 1 fully saturated rings. The fourth-order valence-corrected chi connectivity index (χ4v) is 2.60. The third-order valence-corrected chi connectivity index (χ3v) is 3.69. The van der Waals surface area contributed by atoms with Crippen LogP contribution in [0.25, 0.3) is 0 Å². The number of carbonyl (C=O) groups excluding carboxylic acids is 2. The van der Waals surface area contributed by atoms with Gasteiger partial charge in [-0.2, -0.15) is 0 Å². The molecule has 1 amide bonds. The number of nitrogens with zero attached hydrogens (tertiary/aromatic N) is 2. The Hall–Kier alpha value is -1.69. The van der Waals surface area contributed by atoms with Crippen molar-refractivity contribution in [3.63, 3.8) is 0 Å². The molecule has 1 atom stereocenters. The molecule has 18 heavy (non-hydrogen) atoms. The molecule has 0 saturated carbocycles. The third-order valence-electron chi connectivity index (χ3n) is 2.69. The lowest BCUT2D eigenvalue weighted by Crippen LogP contribution is -2.23. The van der Waals surface area contributed by atoms with Gasteiger partial charge in [0, 0.05) is 18.9 Å². The molecule has 1 saturated heterocycles. The first-order valence-corrected chi connectivity index (χ1v) is 6.53. The Morgan fingerprint density at radius 1 is 1.78 bits per heavy atom. The molecule has 0 N–H and O–H groups in total. The van der Waals surface area contributed by atoms with Crippen molar-refractivity contribution in [2.75, 3.05) is 18.1 Å². The molecule has 0 aromatic carbocycles. The van der Waals surface area contributed by atoms with E-state index in [9.17, 15) is 9.59 Å². The van der Waals surface area contributed by atoms with Gasteiger partial charge in [0.15, 0.2) is 5.13 Å². The average molecular weight is 266 g/mol. The molecule has 2 rings (SSSR count). The van der Waals surface area contributed by atoms with Crippen molar-refractivity contribution in [3.05, 3.63) is 23.7 Å². The van der Waals surface area contributed by atoms with Gasteiger partial charge >= 0.3 is 5.97 Å². The largest absolute Gasteiger partial charge is 0.462 e. The number of ether oxygens (including phenoxy) is 1. The van der Waals surface area contributed by atoms with E-state index in [4.69, 9.17) is 4.74 Å². The lowest BCUT2D eigenvalue weighted by atomic mass is 10.1. The van der Waals surface area contributed by atoms with Crippen LogP contribution < -0.4 is 4.90 Å². The summed E-state index contributed by atoms with van der Waals surface area (Å²) in [5, 5.41) is 0.549. The second-order valence-corrected chi connectivity index (χ2v) is 4.94. The van der Waals surface area contributed by atoms with Crippen LogP contribution in [0.3, 0.4) is 0 Å².